The normalized spacial score (nSPS) is 11.3. The van der Waals surface area contributed by atoms with Gasteiger partial charge in [-0.25, -0.2) is 9.78 Å². The molecule has 1 aromatic rings. The highest BCUT2D eigenvalue weighted by atomic mass is 16.6. The number of hydrogen-bond acceptors (Lipinski definition) is 7. The topological polar surface area (TPSA) is 102 Å². The van der Waals surface area contributed by atoms with Gasteiger partial charge >= 0.3 is 11.9 Å². The summed E-state index contributed by atoms with van der Waals surface area (Å²) in [6.07, 6.45) is 2.33. The van der Waals surface area contributed by atoms with E-state index in [4.69, 9.17) is 10.00 Å². The van der Waals surface area contributed by atoms with E-state index in [1.54, 1.807) is 20.8 Å². The number of ether oxygens (including phenoxy) is 2. The average Bonchev–Trinajstić information content (AvgIpc) is 2.48. The molecule has 0 radical (unpaired) electrons. The van der Waals surface area contributed by atoms with Gasteiger partial charge in [0.1, 0.15) is 5.60 Å². The van der Waals surface area contributed by atoms with Crippen molar-refractivity contribution in [3.05, 3.63) is 23.8 Å². The first-order valence-electron chi connectivity index (χ1n) is 6.81. The highest BCUT2D eigenvalue weighted by Gasteiger charge is 2.28. The first-order valence-corrected chi connectivity index (χ1v) is 6.81. The van der Waals surface area contributed by atoms with Gasteiger partial charge in [-0.05, 0) is 20.8 Å². The first kappa shape index (κ1) is 19.5. The quantitative estimate of drug-likeness (QED) is 0.789. The van der Waals surface area contributed by atoms with Gasteiger partial charge in [0.05, 0.1) is 31.3 Å². The fourth-order valence-corrected chi connectivity index (χ4v) is 1.30. The molecule has 0 saturated heterocycles. The molecule has 1 unspecified atom stereocenters. The third-order valence-corrected chi connectivity index (χ3v) is 2.13. The molecular weight excluding hydrogens is 286 g/mol. The fraction of sp³-hybridized carbons (Fsp3) is 0.533. The van der Waals surface area contributed by atoms with Crippen LogP contribution in [-0.2, 0) is 14.3 Å². The minimum absolute atomic E-state index is 0.00266. The van der Waals surface area contributed by atoms with Crippen LogP contribution in [0.2, 0.25) is 0 Å². The Hall–Kier alpha value is -2.49. The van der Waals surface area contributed by atoms with Crippen molar-refractivity contribution in [1.82, 2.24) is 9.97 Å². The van der Waals surface area contributed by atoms with E-state index in [0.717, 1.165) is 6.20 Å². The summed E-state index contributed by atoms with van der Waals surface area (Å²) in [5.74, 6) is -2.54. The summed E-state index contributed by atoms with van der Waals surface area (Å²) in [6.45, 7) is 9.10. The summed E-state index contributed by atoms with van der Waals surface area (Å²) >= 11 is 0. The zero-order valence-corrected chi connectivity index (χ0v) is 13.7. The molecule has 7 heteroatoms. The number of aromatic nitrogens is 2. The van der Waals surface area contributed by atoms with E-state index in [0.29, 0.717) is 0 Å². The van der Waals surface area contributed by atoms with E-state index in [1.807, 2.05) is 19.9 Å². The third kappa shape index (κ3) is 5.87. The minimum Gasteiger partial charge on any atom is -0.464 e. The second kappa shape index (κ2) is 8.72. The van der Waals surface area contributed by atoms with Gasteiger partial charge in [-0.1, -0.05) is 13.8 Å². The van der Waals surface area contributed by atoms with Crippen molar-refractivity contribution < 1.29 is 19.1 Å². The molecule has 0 N–H and O–H groups in total. The molecule has 0 aliphatic heterocycles. The number of hydrogen-bond donors (Lipinski definition) is 0. The molecule has 0 saturated carbocycles. The molecule has 7 nitrogen and oxygen atoms in total. The van der Waals surface area contributed by atoms with E-state index in [-0.39, 0.29) is 11.4 Å². The fourth-order valence-electron chi connectivity index (χ4n) is 1.30. The molecule has 1 heterocycles. The molecule has 1 rings (SSSR count). The Labute approximate surface area is 130 Å². The third-order valence-electron chi connectivity index (χ3n) is 2.13. The van der Waals surface area contributed by atoms with Crippen molar-refractivity contribution in [3.8, 4) is 6.07 Å². The molecule has 0 spiro atoms. The number of nitriles is 1. The van der Waals surface area contributed by atoms with Crippen LogP contribution in [0.15, 0.2) is 12.4 Å². The molecule has 0 fully saturated rings. The van der Waals surface area contributed by atoms with Crippen LogP contribution in [0.1, 0.15) is 56.7 Å². The van der Waals surface area contributed by atoms with Crippen LogP contribution in [-0.4, -0.2) is 34.6 Å². The molecule has 0 bridgehead atoms. The second-order valence-corrected chi connectivity index (χ2v) is 4.91. The van der Waals surface area contributed by atoms with Gasteiger partial charge in [0.2, 0.25) is 0 Å². The lowest BCUT2D eigenvalue weighted by Crippen LogP contribution is -2.27. The largest absolute Gasteiger partial charge is 0.464 e. The lowest BCUT2D eigenvalue weighted by atomic mass is 10.1. The Kier molecular flexibility index (Phi) is 7.73. The molecule has 22 heavy (non-hydrogen) atoms. The zero-order valence-electron chi connectivity index (χ0n) is 13.7. The van der Waals surface area contributed by atoms with Gasteiger partial charge in [0.25, 0.3) is 0 Å². The van der Waals surface area contributed by atoms with E-state index in [9.17, 15) is 9.59 Å². The Balaban J connectivity index is 0.00000211. The number of methoxy groups -OCH3 is 1. The maximum atomic E-state index is 11.9. The standard InChI is InChI=1S/C13H15N3O4.C2H6/c1-13(2,3)20-11(17)8(5-14)9-6-16-10(7-15-9)12(18)19-4;1-2/h6-8H,1-4H3;1-2H3. The van der Waals surface area contributed by atoms with E-state index < -0.39 is 23.5 Å². The van der Waals surface area contributed by atoms with E-state index >= 15 is 0 Å². The summed E-state index contributed by atoms with van der Waals surface area (Å²) in [6, 6.07) is 1.81. The first-order chi connectivity index (χ1) is 10.3. The van der Waals surface area contributed by atoms with Gasteiger partial charge in [-0.2, -0.15) is 5.26 Å². The van der Waals surface area contributed by atoms with Gasteiger partial charge in [0.15, 0.2) is 11.6 Å². The number of rotatable bonds is 3. The summed E-state index contributed by atoms with van der Waals surface area (Å²) in [5.41, 5.74) is -0.586. The predicted molar refractivity (Wildman–Crippen MR) is 78.9 cm³/mol. The van der Waals surface area contributed by atoms with Crippen molar-refractivity contribution in [2.75, 3.05) is 7.11 Å². The summed E-state index contributed by atoms with van der Waals surface area (Å²) in [7, 11) is 1.22. The maximum Gasteiger partial charge on any atom is 0.358 e. The van der Waals surface area contributed by atoms with Crippen LogP contribution in [0.3, 0.4) is 0 Å². The van der Waals surface area contributed by atoms with Gasteiger partial charge in [-0.3, -0.25) is 9.78 Å². The summed E-state index contributed by atoms with van der Waals surface area (Å²) in [5, 5.41) is 9.06. The van der Waals surface area contributed by atoms with Crippen LogP contribution in [0.25, 0.3) is 0 Å². The molecule has 120 valence electrons. The highest BCUT2D eigenvalue weighted by Crippen LogP contribution is 2.18. The van der Waals surface area contributed by atoms with Crippen molar-refractivity contribution in [1.29, 1.82) is 5.26 Å². The maximum absolute atomic E-state index is 11.9. The highest BCUT2D eigenvalue weighted by molar-refractivity contribution is 5.87. The van der Waals surface area contributed by atoms with Crippen molar-refractivity contribution in [3.63, 3.8) is 0 Å². The lowest BCUT2D eigenvalue weighted by Gasteiger charge is -2.21. The monoisotopic (exact) mass is 307 g/mol. The molecule has 1 aromatic heterocycles. The van der Waals surface area contributed by atoms with Crippen molar-refractivity contribution in [2.45, 2.75) is 46.1 Å². The Morgan fingerprint density at radius 3 is 2.18 bits per heavy atom. The SMILES string of the molecule is CC.COC(=O)c1cnc(C(C#N)C(=O)OC(C)(C)C)cn1. The second-order valence-electron chi connectivity index (χ2n) is 4.91. The number of nitrogens with zero attached hydrogens (tertiary/aromatic N) is 3. The molecule has 0 amide bonds. The van der Waals surface area contributed by atoms with Crippen molar-refractivity contribution >= 4 is 11.9 Å². The molecule has 0 aliphatic rings. The Morgan fingerprint density at radius 1 is 1.23 bits per heavy atom. The predicted octanol–water partition coefficient (Wildman–Crippen LogP) is 2.24. The smallest absolute Gasteiger partial charge is 0.358 e. The van der Waals surface area contributed by atoms with Crippen LogP contribution < -0.4 is 0 Å². The molecule has 1 atom stereocenters. The lowest BCUT2D eigenvalue weighted by molar-refractivity contribution is -0.155. The minimum atomic E-state index is -1.19. The van der Waals surface area contributed by atoms with E-state index in [1.165, 1.54) is 13.3 Å². The van der Waals surface area contributed by atoms with Gasteiger partial charge in [0, 0.05) is 0 Å². The van der Waals surface area contributed by atoms with Crippen LogP contribution in [0.4, 0.5) is 0 Å². The molecular formula is C15H21N3O4. The Bertz CT molecular complexity index is 541. The number of esters is 2. The van der Waals surface area contributed by atoms with Crippen molar-refractivity contribution in [2.24, 2.45) is 0 Å². The van der Waals surface area contributed by atoms with Gasteiger partial charge in [-0.15, -0.1) is 0 Å². The summed E-state index contributed by atoms with van der Waals surface area (Å²) in [4.78, 5) is 30.8. The van der Waals surface area contributed by atoms with Crippen LogP contribution in [0.5, 0.6) is 0 Å². The number of carbonyl (C=O) groups excluding carboxylic acids is 2. The van der Waals surface area contributed by atoms with Crippen LogP contribution in [0, 0.1) is 11.3 Å². The van der Waals surface area contributed by atoms with Gasteiger partial charge < -0.3 is 9.47 Å². The zero-order chi connectivity index (χ0) is 17.3. The van der Waals surface area contributed by atoms with E-state index in [2.05, 4.69) is 14.7 Å². The molecule has 0 aliphatic carbocycles. The Morgan fingerprint density at radius 2 is 1.82 bits per heavy atom. The average molecular weight is 307 g/mol. The molecule has 0 aromatic carbocycles. The van der Waals surface area contributed by atoms with Crippen LogP contribution >= 0.6 is 0 Å². The number of carbonyl (C=O) groups is 2. The summed E-state index contributed by atoms with van der Waals surface area (Å²) < 4.78 is 9.60.